The van der Waals surface area contributed by atoms with Gasteiger partial charge in [0.05, 0.1) is 16.8 Å². The van der Waals surface area contributed by atoms with Gasteiger partial charge in [-0.2, -0.15) is 13.2 Å². The Morgan fingerprint density at radius 3 is 2.35 bits per heavy atom. The lowest BCUT2D eigenvalue weighted by molar-refractivity contribution is -0.140. The topological polar surface area (TPSA) is 86.9 Å². The maximum atomic E-state index is 14.1. The second-order valence-corrected chi connectivity index (χ2v) is 5.59. The molecule has 5 nitrogen and oxygen atoms in total. The van der Waals surface area contributed by atoms with Crippen molar-refractivity contribution >= 4 is 22.4 Å². The average molecular weight is 370 g/mol. The van der Waals surface area contributed by atoms with Crippen molar-refractivity contribution in [3.63, 3.8) is 0 Å². The van der Waals surface area contributed by atoms with Gasteiger partial charge < -0.3 is 11.5 Å². The summed E-state index contributed by atoms with van der Waals surface area (Å²) < 4.78 is 66.7. The normalized spacial score (nSPS) is 11.9. The summed E-state index contributed by atoms with van der Waals surface area (Å²) in [5, 5.41) is 0.125. The molecule has 0 saturated heterocycles. The van der Waals surface area contributed by atoms with E-state index >= 15 is 0 Å². The lowest BCUT2D eigenvalue weighted by Gasteiger charge is -2.15. The Hall–Kier alpha value is -3.17. The minimum Gasteiger partial charge on any atom is -0.396 e. The SMILES string of the molecule is Nc1cc2c(cn1)cc(-c1cc(N)c(F)cc1F)c(=O)n2CC(F)(F)F. The molecule has 26 heavy (non-hydrogen) atoms. The third-order valence-electron chi connectivity index (χ3n) is 3.71. The summed E-state index contributed by atoms with van der Waals surface area (Å²) in [6.45, 7) is -1.61. The molecule has 3 rings (SSSR count). The summed E-state index contributed by atoms with van der Waals surface area (Å²) in [6.07, 6.45) is -3.56. The molecule has 1 aromatic carbocycles. The number of hydrogen-bond acceptors (Lipinski definition) is 4. The molecule has 4 N–H and O–H groups in total. The molecule has 0 fully saturated rings. The highest BCUT2D eigenvalue weighted by Gasteiger charge is 2.30. The Balaban J connectivity index is 2.38. The quantitative estimate of drug-likeness (QED) is 0.536. The van der Waals surface area contributed by atoms with Gasteiger partial charge in [0.25, 0.3) is 5.56 Å². The first-order valence-corrected chi connectivity index (χ1v) is 7.17. The minimum atomic E-state index is -4.71. The van der Waals surface area contributed by atoms with Crippen LogP contribution in [0.15, 0.2) is 35.3 Å². The van der Waals surface area contributed by atoms with E-state index in [0.29, 0.717) is 10.6 Å². The van der Waals surface area contributed by atoms with E-state index in [2.05, 4.69) is 4.98 Å². The van der Waals surface area contributed by atoms with Crippen molar-refractivity contribution in [1.82, 2.24) is 9.55 Å². The number of halogens is 5. The molecule has 0 aliphatic carbocycles. The highest BCUT2D eigenvalue weighted by molar-refractivity contribution is 5.85. The molecule has 0 amide bonds. The molecule has 0 radical (unpaired) electrons. The van der Waals surface area contributed by atoms with Gasteiger partial charge in [0.15, 0.2) is 0 Å². The van der Waals surface area contributed by atoms with Crippen LogP contribution in [0.1, 0.15) is 0 Å². The molecular weight excluding hydrogens is 359 g/mol. The summed E-state index contributed by atoms with van der Waals surface area (Å²) in [5.74, 6) is -2.26. The summed E-state index contributed by atoms with van der Waals surface area (Å²) in [5.41, 5.74) is 8.38. The van der Waals surface area contributed by atoms with Crippen LogP contribution in [0.3, 0.4) is 0 Å². The second-order valence-electron chi connectivity index (χ2n) is 5.59. The molecule has 2 aromatic heterocycles. The highest BCUT2D eigenvalue weighted by atomic mass is 19.4. The first kappa shape index (κ1) is 17.6. The largest absolute Gasteiger partial charge is 0.406 e. The number of nitrogens with zero attached hydrogens (tertiary/aromatic N) is 2. The van der Waals surface area contributed by atoms with Gasteiger partial charge in [-0.05, 0) is 12.1 Å². The average Bonchev–Trinajstić information content (AvgIpc) is 2.53. The Morgan fingerprint density at radius 1 is 1.00 bits per heavy atom. The summed E-state index contributed by atoms with van der Waals surface area (Å²) in [4.78, 5) is 16.4. The van der Waals surface area contributed by atoms with Gasteiger partial charge in [-0.15, -0.1) is 0 Å². The lowest BCUT2D eigenvalue weighted by Crippen LogP contribution is -2.29. The van der Waals surface area contributed by atoms with Gasteiger partial charge in [-0.1, -0.05) is 0 Å². The third kappa shape index (κ3) is 3.17. The lowest BCUT2D eigenvalue weighted by atomic mass is 10.0. The first-order chi connectivity index (χ1) is 12.1. The number of nitrogens with two attached hydrogens (primary N) is 2. The summed E-state index contributed by atoms with van der Waals surface area (Å²) in [7, 11) is 0. The molecule has 0 atom stereocenters. The minimum absolute atomic E-state index is 0.0854. The Kier molecular flexibility index (Phi) is 4.05. The van der Waals surface area contributed by atoms with Crippen molar-refractivity contribution in [1.29, 1.82) is 0 Å². The third-order valence-corrected chi connectivity index (χ3v) is 3.71. The van der Waals surface area contributed by atoms with Gasteiger partial charge in [-0.25, -0.2) is 13.8 Å². The maximum Gasteiger partial charge on any atom is 0.406 e. The van der Waals surface area contributed by atoms with Crippen LogP contribution in [0.25, 0.3) is 22.0 Å². The van der Waals surface area contributed by atoms with E-state index in [0.717, 1.165) is 24.4 Å². The summed E-state index contributed by atoms with van der Waals surface area (Å²) in [6, 6.07) is 3.59. The summed E-state index contributed by atoms with van der Waals surface area (Å²) >= 11 is 0. The molecule has 3 aromatic rings. The number of hydrogen-bond donors (Lipinski definition) is 2. The van der Waals surface area contributed by atoms with E-state index in [1.54, 1.807) is 0 Å². The zero-order valence-electron chi connectivity index (χ0n) is 12.9. The Morgan fingerprint density at radius 2 is 1.69 bits per heavy atom. The zero-order valence-corrected chi connectivity index (χ0v) is 12.9. The van der Waals surface area contributed by atoms with Crippen molar-refractivity contribution in [3.05, 3.63) is 52.5 Å². The van der Waals surface area contributed by atoms with Crippen molar-refractivity contribution in [3.8, 4) is 11.1 Å². The number of nitrogen functional groups attached to an aromatic ring is 2. The fraction of sp³-hybridized carbons (Fsp3) is 0.125. The predicted molar refractivity (Wildman–Crippen MR) is 86.2 cm³/mol. The van der Waals surface area contributed by atoms with Gasteiger partial charge in [0, 0.05) is 29.3 Å². The number of alkyl halides is 3. The molecule has 10 heteroatoms. The molecular formula is C16H11F5N4O. The Bertz CT molecular complexity index is 1070. The van der Waals surface area contributed by atoms with E-state index in [1.807, 2.05) is 0 Å². The van der Waals surface area contributed by atoms with Crippen LogP contribution in [0.2, 0.25) is 0 Å². The van der Waals surface area contributed by atoms with Gasteiger partial charge in [0.1, 0.15) is 24.0 Å². The van der Waals surface area contributed by atoms with Crippen molar-refractivity contribution in [2.24, 2.45) is 0 Å². The maximum absolute atomic E-state index is 14.1. The van der Waals surface area contributed by atoms with Crippen LogP contribution in [-0.2, 0) is 6.54 Å². The van der Waals surface area contributed by atoms with Crippen molar-refractivity contribution in [2.45, 2.75) is 12.7 Å². The molecule has 0 bridgehead atoms. The number of benzene rings is 1. The van der Waals surface area contributed by atoms with Crippen LogP contribution in [0, 0.1) is 11.6 Å². The number of rotatable bonds is 2. The monoisotopic (exact) mass is 370 g/mol. The van der Waals surface area contributed by atoms with E-state index in [9.17, 15) is 26.7 Å². The van der Waals surface area contributed by atoms with Crippen LogP contribution in [0.4, 0.5) is 33.5 Å². The molecule has 0 spiro atoms. The number of aromatic nitrogens is 2. The van der Waals surface area contributed by atoms with Crippen LogP contribution < -0.4 is 17.0 Å². The standard InChI is InChI=1S/C16H11F5N4O/c17-10-3-11(18)12(22)2-8(10)9-1-7-5-24-14(23)4-13(7)25(15(9)26)6-16(19,20)21/h1-5H,6,22H2,(H2,23,24). The molecule has 0 unspecified atom stereocenters. The van der Waals surface area contributed by atoms with Crippen molar-refractivity contribution < 1.29 is 22.0 Å². The van der Waals surface area contributed by atoms with Gasteiger partial charge in [-0.3, -0.25) is 9.36 Å². The molecule has 0 aliphatic heterocycles. The van der Waals surface area contributed by atoms with Crippen LogP contribution in [0.5, 0.6) is 0 Å². The van der Waals surface area contributed by atoms with Crippen LogP contribution >= 0.6 is 0 Å². The number of pyridine rings is 2. The molecule has 0 aliphatic rings. The van der Waals surface area contributed by atoms with Crippen LogP contribution in [-0.4, -0.2) is 15.7 Å². The first-order valence-electron chi connectivity index (χ1n) is 7.17. The van der Waals surface area contributed by atoms with Gasteiger partial charge >= 0.3 is 6.18 Å². The number of fused-ring (bicyclic) bond motifs is 1. The molecule has 0 saturated carbocycles. The van der Waals surface area contributed by atoms with E-state index in [-0.39, 0.29) is 16.7 Å². The van der Waals surface area contributed by atoms with E-state index in [4.69, 9.17) is 11.5 Å². The molecule has 136 valence electrons. The second kappa shape index (κ2) is 5.97. The predicted octanol–water partition coefficient (Wildman–Crippen LogP) is 3.07. The van der Waals surface area contributed by atoms with Crippen molar-refractivity contribution in [2.75, 3.05) is 11.5 Å². The van der Waals surface area contributed by atoms with E-state index < -0.39 is 46.7 Å². The zero-order chi connectivity index (χ0) is 19.2. The smallest absolute Gasteiger partial charge is 0.396 e. The number of anilines is 2. The van der Waals surface area contributed by atoms with Gasteiger partial charge in [0.2, 0.25) is 0 Å². The van der Waals surface area contributed by atoms with E-state index in [1.165, 1.54) is 0 Å². The fourth-order valence-electron chi connectivity index (χ4n) is 2.59. The highest BCUT2D eigenvalue weighted by Crippen LogP contribution is 2.28. The fourth-order valence-corrected chi connectivity index (χ4v) is 2.59. The molecule has 2 heterocycles. The Labute approximate surface area is 142 Å².